The summed E-state index contributed by atoms with van der Waals surface area (Å²) < 4.78 is 0. The lowest BCUT2D eigenvalue weighted by atomic mass is 10.2. The fraction of sp³-hybridized carbons (Fsp3) is 0.438. The second kappa shape index (κ2) is 7.92. The van der Waals surface area contributed by atoms with Crippen LogP contribution in [0.4, 0.5) is 11.4 Å². The van der Waals surface area contributed by atoms with E-state index in [4.69, 9.17) is 12.2 Å². The van der Waals surface area contributed by atoms with Gasteiger partial charge >= 0.3 is 0 Å². The zero-order valence-corrected chi connectivity index (χ0v) is 14.3. The maximum absolute atomic E-state index is 11.3. The van der Waals surface area contributed by atoms with Crippen LogP contribution in [0.3, 0.4) is 0 Å². The van der Waals surface area contributed by atoms with Crippen molar-refractivity contribution in [3.8, 4) is 0 Å². The molecule has 1 heterocycles. The first-order valence-corrected chi connectivity index (χ1v) is 8.11. The zero-order chi connectivity index (χ0) is 16.8. The Morgan fingerprint density at radius 1 is 1.13 bits per heavy atom. The molecule has 1 fully saturated rings. The molecule has 1 aromatic rings. The highest BCUT2D eigenvalue weighted by Crippen LogP contribution is 2.19. The highest BCUT2D eigenvalue weighted by atomic mass is 32.1. The lowest BCUT2D eigenvalue weighted by molar-refractivity contribution is -0.129. The van der Waals surface area contributed by atoms with Crippen molar-refractivity contribution in [1.29, 1.82) is 0 Å². The average molecular weight is 334 g/mol. The van der Waals surface area contributed by atoms with Crippen LogP contribution in [0, 0.1) is 0 Å². The number of nitrogens with zero attached hydrogens (tertiary/aromatic N) is 2. The lowest BCUT2D eigenvalue weighted by Crippen LogP contribution is -2.48. The van der Waals surface area contributed by atoms with E-state index < -0.39 is 0 Å². The van der Waals surface area contributed by atoms with Crippen molar-refractivity contribution in [2.24, 2.45) is 0 Å². The fourth-order valence-electron chi connectivity index (χ4n) is 2.41. The third-order valence-corrected chi connectivity index (χ3v) is 3.99. The van der Waals surface area contributed by atoms with Crippen molar-refractivity contribution in [3.63, 3.8) is 0 Å². The summed E-state index contributed by atoms with van der Waals surface area (Å²) in [6.07, 6.45) is 0.396. The number of thiocarbonyl (C=S) groups is 1. The van der Waals surface area contributed by atoms with E-state index in [1.807, 2.05) is 29.2 Å². The summed E-state index contributed by atoms with van der Waals surface area (Å²) in [6, 6.07) is 7.88. The van der Waals surface area contributed by atoms with Crippen molar-refractivity contribution in [2.45, 2.75) is 20.3 Å². The van der Waals surface area contributed by atoms with Crippen LogP contribution in [0.1, 0.15) is 20.3 Å². The number of amides is 2. The molecule has 2 N–H and O–H groups in total. The van der Waals surface area contributed by atoms with Crippen LogP contribution in [-0.2, 0) is 9.59 Å². The normalized spacial score (nSPS) is 14.3. The Kier molecular flexibility index (Phi) is 5.92. The Balaban J connectivity index is 1.89. The van der Waals surface area contributed by atoms with E-state index in [0.29, 0.717) is 11.5 Å². The van der Waals surface area contributed by atoms with Crippen LogP contribution >= 0.6 is 12.2 Å². The van der Waals surface area contributed by atoms with Crippen molar-refractivity contribution in [1.82, 2.24) is 10.2 Å². The Bertz CT molecular complexity index is 580. The van der Waals surface area contributed by atoms with Gasteiger partial charge in [0, 0.05) is 50.9 Å². The third kappa shape index (κ3) is 4.92. The molecule has 1 aliphatic rings. The largest absolute Gasteiger partial charge is 0.368 e. The summed E-state index contributed by atoms with van der Waals surface area (Å²) in [5.74, 6) is 0.0225. The topological polar surface area (TPSA) is 64.7 Å². The number of hydrogen-bond acceptors (Lipinski definition) is 4. The van der Waals surface area contributed by atoms with Gasteiger partial charge in [-0.3, -0.25) is 9.59 Å². The van der Waals surface area contributed by atoms with E-state index in [1.54, 1.807) is 13.8 Å². The summed E-state index contributed by atoms with van der Waals surface area (Å²) in [4.78, 5) is 26.7. The molecule has 1 saturated heterocycles. The van der Waals surface area contributed by atoms with Crippen LogP contribution in [0.15, 0.2) is 24.3 Å². The quantitative estimate of drug-likeness (QED) is 0.822. The highest BCUT2D eigenvalue weighted by molar-refractivity contribution is 7.80. The first-order valence-electron chi connectivity index (χ1n) is 7.71. The number of rotatable bonds is 3. The molecule has 2 rings (SSSR count). The van der Waals surface area contributed by atoms with Crippen molar-refractivity contribution in [2.75, 3.05) is 36.4 Å². The number of nitrogens with one attached hydrogen (secondary N) is 2. The Labute approximate surface area is 141 Å². The molecule has 6 nitrogen and oxygen atoms in total. The van der Waals surface area contributed by atoms with E-state index in [2.05, 4.69) is 15.5 Å². The predicted molar refractivity (Wildman–Crippen MR) is 95.6 cm³/mol. The molecule has 0 aromatic heterocycles. The third-order valence-electron chi connectivity index (χ3n) is 3.79. The van der Waals surface area contributed by atoms with E-state index >= 15 is 0 Å². The second-order valence-corrected chi connectivity index (χ2v) is 5.80. The van der Waals surface area contributed by atoms with Gasteiger partial charge in [-0.15, -0.1) is 0 Å². The van der Waals surface area contributed by atoms with Gasteiger partial charge < -0.3 is 20.4 Å². The van der Waals surface area contributed by atoms with Crippen LogP contribution in [0.25, 0.3) is 0 Å². The molecule has 23 heavy (non-hydrogen) atoms. The predicted octanol–water partition coefficient (Wildman–Crippen LogP) is 1.58. The Morgan fingerprint density at radius 3 is 2.26 bits per heavy atom. The van der Waals surface area contributed by atoms with Gasteiger partial charge in [0.15, 0.2) is 5.11 Å². The first-order chi connectivity index (χ1) is 11.0. The van der Waals surface area contributed by atoms with Gasteiger partial charge in [-0.25, -0.2) is 0 Å². The minimum Gasteiger partial charge on any atom is -0.368 e. The maximum Gasteiger partial charge on any atom is 0.225 e. The first kappa shape index (κ1) is 17.2. The summed E-state index contributed by atoms with van der Waals surface area (Å²) in [5, 5.41) is 5.90. The standard InChI is InChI=1S/C16H22N4O2S/c1-3-15(22)18-16(23)17-13-4-6-14(7-5-13)20-10-8-19(9-11-20)12(2)21/h4-7H,3,8-11H2,1-2H3,(H2,17,18,22,23). The molecular formula is C16H22N4O2S. The van der Waals surface area contributed by atoms with Crippen LogP contribution in [-0.4, -0.2) is 48.0 Å². The molecule has 0 bridgehead atoms. The monoisotopic (exact) mass is 334 g/mol. The van der Waals surface area contributed by atoms with E-state index in [9.17, 15) is 9.59 Å². The zero-order valence-electron chi connectivity index (χ0n) is 13.5. The molecule has 0 aliphatic carbocycles. The smallest absolute Gasteiger partial charge is 0.225 e. The van der Waals surface area contributed by atoms with Crippen LogP contribution in [0.2, 0.25) is 0 Å². The molecule has 2 amide bonds. The maximum atomic E-state index is 11.3. The fourth-order valence-corrected chi connectivity index (χ4v) is 2.64. The number of benzene rings is 1. The Hall–Kier alpha value is -2.15. The summed E-state index contributed by atoms with van der Waals surface area (Å²) in [6.45, 7) is 6.55. The number of piperazine rings is 1. The van der Waals surface area contributed by atoms with Crippen molar-refractivity contribution in [3.05, 3.63) is 24.3 Å². The molecule has 1 aromatic carbocycles. The summed E-state index contributed by atoms with van der Waals surface area (Å²) in [5.41, 5.74) is 1.94. The van der Waals surface area contributed by atoms with E-state index in [0.717, 1.165) is 37.6 Å². The number of carbonyl (C=O) groups is 2. The molecule has 124 valence electrons. The number of carbonyl (C=O) groups excluding carboxylic acids is 2. The molecule has 0 unspecified atom stereocenters. The summed E-state index contributed by atoms with van der Waals surface area (Å²) in [7, 11) is 0. The minimum absolute atomic E-state index is 0.109. The van der Waals surface area contributed by atoms with Gasteiger partial charge in [-0.05, 0) is 36.5 Å². The van der Waals surface area contributed by atoms with Gasteiger partial charge in [0.05, 0.1) is 0 Å². The van der Waals surface area contributed by atoms with Gasteiger partial charge in [0.2, 0.25) is 11.8 Å². The van der Waals surface area contributed by atoms with Gasteiger partial charge in [0.1, 0.15) is 0 Å². The van der Waals surface area contributed by atoms with Crippen molar-refractivity contribution >= 4 is 40.5 Å². The molecule has 0 spiro atoms. The molecule has 0 atom stereocenters. The molecule has 7 heteroatoms. The Morgan fingerprint density at radius 2 is 1.74 bits per heavy atom. The van der Waals surface area contributed by atoms with Gasteiger partial charge in [-0.1, -0.05) is 6.92 Å². The SMILES string of the molecule is CCC(=O)NC(=S)Nc1ccc(N2CCN(C(C)=O)CC2)cc1. The van der Waals surface area contributed by atoms with Gasteiger partial charge in [0.25, 0.3) is 0 Å². The molecule has 1 aliphatic heterocycles. The average Bonchev–Trinajstić information content (AvgIpc) is 2.55. The molecule has 0 saturated carbocycles. The van der Waals surface area contributed by atoms with Crippen LogP contribution in [0.5, 0.6) is 0 Å². The number of hydrogen-bond donors (Lipinski definition) is 2. The second-order valence-electron chi connectivity index (χ2n) is 5.40. The van der Waals surface area contributed by atoms with Crippen LogP contribution < -0.4 is 15.5 Å². The minimum atomic E-state index is -0.109. The van der Waals surface area contributed by atoms with Crippen molar-refractivity contribution < 1.29 is 9.59 Å². The lowest BCUT2D eigenvalue weighted by Gasteiger charge is -2.35. The number of anilines is 2. The van der Waals surface area contributed by atoms with E-state index in [-0.39, 0.29) is 11.8 Å². The summed E-state index contributed by atoms with van der Waals surface area (Å²) >= 11 is 5.08. The van der Waals surface area contributed by atoms with E-state index in [1.165, 1.54) is 0 Å². The van der Waals surface area contributed by atoms with Gasteiger partial charge in [-0.2, -0.15) is 0 Å². The molecule has 0 radical (unpaired) electrons. The highest BCUT2D eigenvalue weighted by Gasteiger charge is 2.18. The molecular weight excluding hydrogens is 312 g/mol.